The first-order chi connectivity index (χ1) is 18.6. The molecule has 1 saturated heterocycles. The predicted octanol–water partition coefficient (Wildman–Crippen LogP) is 5.39. The van der Waals surface area contributed by atoms with Crippen LogP contribution in [0.4, 0.5) is 13.2 Å². The van der Waals surface area contributed by atoms with E-state index >= 15 is 0 Å². The van der Waals surface area contributed by atoms with E-state index < -0.39 is 29.7 Å². The van der Waals surface area contributed by atoms with E-state index in [-0.39, 0.29) is 23.3 Å². The van der Waals surface area contributed by atoms with E-state index in [0.717, 1.165) is 17.1 Å². The summed E-state index contributed by atoms with van der Waals surface area (Å²) in [5, 5.41) is 14.1. The summed E-state index contributed by atoms with van der Waals surface area (Å²) in [6.45, 7) is 0.918. The van der Waals surface area contributed by atoms with Crippen LogP contribution in [0.3, 0.4) is 0 Å². The zero-order chi connectivity index (χ0) is 28.2. The molecule has 12 heteroatoms. The van der Waals surface area contributed by atoms with E-state index in [0.29, 0.717) is 42.6 Å². The van der Waals surface area contributed by atoms with Crippen molar-refractivity contribution in [3.8, 4) is 11.1 Å². The third-order valence-corrected chi connectivity index (χ3v) is 8.18. The highest BCUT2D eigenvalue weighted by Gasteiger charge is 2.31. The van der Waals surface area contributed by atoms with Crippen molar-refractivity contribution in [1.29, 1.82) is 0 Å². The van der Waals surface area contributed by atoms with E-state index in [9.17, 15) is 32.7 Å². The van der Waals surface area contributed by atoms with Crippen LogP contribution in [0.1, 0.15) is 50.2 Å². The molecule has 3 aromatic rings. The van der Waals surface area contributed by atoms with Gasteiger partial charge in [0.15, 0.2) is 0 Å². The van der Waals surface area contributed by atoms with Gasteiger partial charge < -0.3 is 15.3 Å². The smallest absolute Gasteiger partial charge is 0.416 e. The number of aromatic nitrogens is 1. The lowest BCUT2D eigenvalue weighted by Crippen LogP contribution is -2.42. The topological polar surface area (TPSA) is 99.6 Å². The summed E-state index contributed by atoms with van der Waals surface area (Å²) in [6, 6.07) is 10.6. The maximum atomic E-state index is 13.4. The molecule has 4 rings (SSSR count). The molecular weight excluding hydrogens is 551 g/mol. The van der Waals surface area contributed by atoms with Crippen LogP contribution in [0.5, 0.6) is 0 Å². The fraction of sp³-hybridized carbons (Fsp3) is 0.333. The lowest BCUT2D eigenvalue weighted by Gasteiger charge is -2.31. The molecule has 2 heterocycles. The van der Waals surface area contributed by atoms with Gasteiger partial charge in [-0.2, -0.15) is 24.9 Å². The Balaban J connectivity index is 1.40. The number of hydrogen-bond donors (Lipinski definition) is 2. The molecule has 1 aliphatic heterocycles. The minimum absolute atomic E-state index is 0.0484. The predicted molar refractivity (Wildman–Crippen MR) is 144 cm³/mol. The van der Waals surface area contributed by atoms with Crippen LogP contribution in [-0.4, -0.2) is 63.9 Å². The molecule has 0 radical (unpaired) electrons. The molecular formula is C27H26F3N3O4S2. The summed E-state index contributed by atoms with van der Waals surface area (Å²) in [6.07, 6.45) is -1.41. The zero-order valence-corrected chi connectivity index (χ0v) is 22.5. The average Bonchev–Trinajstić information content (AvgIpc) is 3.43. The van der Waals surface area contributed by atoms with Crippen molar-refractivity contribution in [3.63, 3.8) is 0 Å². The van der Waals surface area contributed by atoms with Gasteiger partial charge in [0, 0.05) is 35.7 Å². The Morgan fingerprint density at radius 3 is 2.41 bits per heavy atom. The Labute approximate surface area is 231 Å². The van der Waals surface area contributed by atoms with Gasteiger partial charge in [-0.25, -0.2) is 9.78 Å². The highest BCUT2D eigenvalue weighted by Crippen LogP contribution is 2.34. The summed E-state index contributed by atoms with van der Waals surface area (Å²) >= 11 is 2.65. The number of benzene rings is 2. The standard InChI is InChI=1S/C27H26F3N3O4S2/c1-38-14-22(26(36)37)31-23(34)21-15-39-24(32-21)17-10-12-33(13-11-17)25(35)20-5-3-2-4-19(20)16-6-8-18(9-7-16)27(28,29)30/h2-9,15,17,22H,10-14H2,1H3,(H,31,34)(H,36,37)/t22-/m0/s1. The molecule has 1 fully saturated rings. The molecule has 0 saturated carbocycles. The first-order valence-corrected chi connectivity index (χ1v) is 14.4. The minimum atomic E-state index is -4.44. The Morgan fingerprint density at radius 2 is 1.79 bits per heavy atom. The van der Waals surface area contributed by atoms with Gasteiger partial charge in [0.25, 0.3) is 11.8 Å². The molecule has 2 aromatic carbocycles. The third-order valence-electron chi connectivity index (χ3n) is 6.50. The Hall–Kier alpha value is -3.38. The summed E-state index contributed by atoms with van der Waals surface area (Å²) in [7, 11) is 0. The van der Waals surface area contributed by atoms with E-state index in [1.807, 2.05) is 0 Å². The van der Waals surface area contributed by atoms with Gasteiger partial charge in [-0.1, -0.05) is 30.3 Å². The normalized spacial score (nSPS) is 15.1. The first kappa shape index (κ1) is 28.6. The van der Waals surface area contributed by atoms with Crippen LogP contribution in [0.25, 0.3) is 11.1 Å². The van der Waals surface area contributed by atoms with Gasteiger partial charge in [-0.3, -0.25) is 9.59 Å². The quantitative estimate of drug-likeness (QED) is 0.372. The van der Waals surface area contributed by atoms with Crippen molar-refractivity contribution in [2.45, 2.75) is 31.0 Å². The highest BCUT2D eigenvalue weighted by molar-refractivity contribution is 7.98. The van der Waals surface area contributed by atoms with Crippen LogP contribution in [0.2, 0.25) is 0 Å². The number of carboxylic acid groups (broad SMARTS) is 1. The third kappa shape index (κ3) is 6.80. The fourth-order valence-corrected chi connectivity index (χ4v) is 5.94. The van der Waals surface area contributed by atoms with Crippen LogP contribution in [-0.2, 0) is 11.0 Å². The zero-order valence-electron chi connectivity index (χ0n) is 20.9. The van der Waals surface area contributed by atoms with Gasteiger partial charge >= 0.3 is 12.1 Å². The number of carbonyl (C=O) groups is 3. The number of likely N-dealkylation sites (tertiary alicyclic amines) is 1. The van der Waals surface area contributed by atoms with Crippen LogP contribution in [0, 0.1) is 0 Å². The number of carbonyl (C=O) groups excluding carboxylic acids is 2. The molecule has 1 aliphatic rings. The second kappa shape index (κ2) is 12.2. The average molecular weight is 578 g/mol. The minimum Gasteiger partial charge on any atom is -0.480 e. The molecule has 39 heavy (non-hydrogen) atoms. The van der Waals surface area contributed by atoms with Gasteiger partial charge in [0.1, 0.15) is 11.7 Å². The number of amides is 2. The number of hydrogen-bond acceptors (Lipinski definition) is 6. The maximum Gasteiger partial charge on any atom is 0.416 e. The number of carboxylic acids is 1. The molecule has 2 N–H and O–H groups in total. The van der Waals surface area contributed by atoms with Crippen molar-refractivity contribution in [3.05, 3.63) is 75.7 Å². The van der Waals surface area contributed by atoms with E-state index in [1.165, 1.54) is 35.2 Å². The maximum absolute atomic E-state index is 13.4. The number of halogens is 3. The SMILES string of the molecule is CSC[C@H](NC(=O)c1csc(C2CCN(C(=O)c3ccccc3-c3ccc(C(F)(F)F)cc3)CC2)n1)C(=O)O. The number of thioether (sulfide) groups is 1. The molecule has 0 aliphatic carbocycles. The van der Waals surface area contributed by atoms with Crippen LogP contribution >= 0.6 is 23.1 Å². The second-order valence-corrected chi connectivity index (χ2v) is 10.9. The Kier molecular flexibility index (Phi) is 8.96. The van der Waals surface area contributed by atoms with Gasteiger partial charge in [0.05, 0.1) is 10.6 Å². The van der Waals surface area contributed by atoms with Gasteiger partial charge in [-0.05, 0) is 48.4 Å². The number of nitrogens with one attached hydrogen (secondary N) is 1. The molecule has 1 atom stereocenters. The molecule has 0 unspecified atom stereocenters. The van der Waals surface area contributed by atoms with Crippen LogP contribution in [0.15, 0.2) is 53.9 Å². The number of aliphatic carboxylic acids is 1. The summed E-state index contributed by atoms with van der Waals surface area (Å²) < 4.78 is 38.9. The summed E-state index contributed by atoms with van der Waals surface area (Å²) in [5.41, 5.74) is 0.934. The highest BCUT2D eigenvalue weighted by atomic mass is 32.2. The van der Waals surface area contributed by atoms with Gasteiger partial charge in [-0.15, -0.1) is 11.3 Å². The number of piperidine rings is 1. The summed E-state index contributed by atoms with van der Waals surface area (Å²) in [5.74, 6) is -1.55. The number of alkyl halides is 3. The van der Waals surface area contributed by atoms with Crippen LogP contribution < -0.4 is 5.32 Å². The molecule has 1 aromatic heterocycles. The number of rotatable bonds is 8. The van der Waals surface area contributed by atoms with Crippen molar-refractivity contribution in [2.24, 2.45) is 0 Å². The first-order valence-electron chi connectivity index (χ1n) is 12.1. The molecule has 0 spiro atoms. The van der Waals surface area contributed by atoms with Crippen molar-refractivity contribution in [2.75, 3.05) is 25.1 Å². The lowest BCUT2D eigenvalue weighted by atomic mass is 9.94. The van der Waals surface area contributed by atoms with Gasteiger partial charge in [0.2, 0.25) is 0 Å². The lowest BCUT2D eigenvalue weighted by molar-refractivity contribution is -0.139. The second-order valence-electron chi connectivity index (χ2n) is 9.08. The number of nitrogens with zero attached hydrogens (tertiary/aromatic N) is 2. The van der Waals surface area contributed by atoms with E-state index in [2.05, 4.69) is 10.3 Å². The monoisotopic (exact) mass is 577 g/mol. The largest absolute Gasteiger partial charge is 0.480 e. The van der Waals surface area contributed by atoms with E-state index in [4.69, 9.17) is 0 Å². The number of thiazole rings is 1. The molecule has 7 nitrogen and oxygen atoms in total. The van der Waals surface area contributed by atoms with Crippen molar-refractivity contribution in [1.82, 2.24) is 15.2 Å². The molecule has 0 bridgehead atoms. The summed E-state index contributed by atoms with van der Waals surface area (Å²) in [4.78, 5) is 43.4. The molecule has 206 valence electrons. The van der Waals surface area contributed by atoms with Crippen molar-refractivity contribution >= 4 is 40.9 Å². The Bertz CT molecular complexity index is 1340. The molecule has 2 amide bonds. The van der Waals surface area contributed by atoms with Crippen molar-refractivity contribution < 1.29 is 32.7 Å². The Morgan fingerprint density at radius 1 is 1.13 bits per heavy atom. The fourth-order valence-electron chi connectivity index (χ4n) is 4.41. The van der Waals surface area contributed by atoms with E-state index in [1.54, 1.807) is 40.8 Å².